The Balaban J connectivity index is 0. The molecule has 9 nitrogen and oxygen atoms in total. The Morgan fingerprint density at radius 2 is 1.03 bits per heavy atom. The summed E-state index contributed by atoms with van der Waals surface area (Å²) in [5.74, 6) is 0. The topological polar surface area (TPSA) is 130 Å². The molecule has 0 aliphatic heterocycles. The summed E-state index contributed by atoms with van der Waals surface area (Å²) in [5.41, 5.74) is 0.314. The van der Waals surface area contributed by atoms with E-state index in [0.717, 1.165) is 18.1 Å². The molecule has 0 bridgehead atoms. The molecule has 0 aliphatic rings. The summed E-state index contributed by atoms with van der Waals surface area (Å²) in [7, 11) is -10.1. The van der Waals surface area contributed by atoms with E-state index in [-0.39, 0.29) is 17.1 Å². The molecule has 0 aliphatic carbocycles. The maximum absolute atomic E-state index is 11.7. The fourth-order valence-electron chi connectivity index (χ4n) is 1.78. The van der Waals surface area contributed by atoms with Gasteiger partial charge in [0.2, 0.25) is 0 Å². The zero-order valence-electron chi connectivity index (χ0n) is 19.9. The molecule has 0 spiro atoms. The molecule has 1 aromatic rings. The molecule has 12 heteroatoms. The van der Waals surface area contributed by atoms with E-state index >= 15 is 0 Å². The largest absolute Gasteiger partial charge is 0.297 e. The predicted octanol–water partition coefficient (Wildman–Crippen LogP) is 3.24. The van der Waals surface area contributed by atoms with Gasteiger partial charge in [-0.1, -0.05) is 17.7 Å². The maximum Gasteiger partial charge on any atom is 0.297 e. The Hall–Kier alpha value is -1.05. The number of rotatable bonds is 6. The minimum atomic E-state index is -3.63. The maximum atomic E-state index is 11.7. The molecule has 0 aromatic heterocycles. The molecule has 0 heterocycles. The summed E-state index contributed by atoms with van der Waals surface area (Å²) in [6.45, 7) is 13.7. The first-order chi connectivity index (χ1) is 13.5. The third kappa shape index (κ3) is 22.0. The van der Waals surface area contributed by atoms with Crippen molar-refractivity contribution < 1.29 is 37.8 Å². The van der Waals surface area contributed by atoms with Gasteiger partial charge < -0.3 is 0 Å². The third-order valence-electron chi connectivity index (χ3n) is 2.40. The van der Waals surface area contributed by atoms with Crippen LogP contribution in [0.25, 0.3) is 0 Å². The normalized spacial score (nSPS) is 12.6. The van der Waals surface area contributed by atoms with Crippen LogP contribution in [-0.2, 0) is 42.9 Å². The van der Waals surface area contributed by atoms with E-state index in [1.807, 2.05) is 6.92 Å². The minimum Gasteiger partial charge on any atom is -0.268 e. The highest BCUT2D eigenvalue weighted by atomic mass is 32.2. The smallest absolute Gasteiger partial charge is 0.268 e. The summed E-state index contributed by atoms with van der Waals surface area (Å²) in [6.07, 6.45) is 1.58. The second-order valence-electron chi connectivity index (χ2n) is 8.16. The highest BCUT2D eigenvalue weighted by Gasteiger charge is 2.23. The average molecular weight is 505 g/mol. The molecule has 0 fully saturated rings. The van der Waals surface area contributed by atoms with Gasteiger partial charge in [-0.2, -0.15) is 25.3 Å². The van der Waals surface area contributed by atoms with Gasteiger partial charge in [0.25, 0.3) is 30.4 Å². The van der Waals surface area contributed by atoms with Crippen molar-refractivity contribution in [2.45, 2.75) is 78.1 Å². The van der Waals surface area contributed by atoms with E-state index in [1.165, 1.54) is 0 Å². The fourth-order valence-corrected chi connectivity index (χ4v) is 4.40. The quantitative estimate of drug-likeness (QED) is 0.536. The van der Waals surface area contributed by atoms with Crippen molar-refractivity contribution >= 4 is 30.4 Å². The lowest BCUT2D eigenvalue weighted by Crippen LogP contribution is -2.24. The Kier molecular flexibility index (Phi) is 13.3. The molecule has 0 unspecified atom stereocenters. The van der Waals surface area contributed by atoms with Gasteiger partial charge >= 0.3 is 0 Å². The molecular formula is C19H36O9S3. The Labute approximate surface area is 188 Å². The van der Waals surface area contributed by atoms with Crippen LogP contribution >= 0.6 is 0 Å². The summed E-state index contributed by atoms with van der Waals surface area (Å²) >= 11 is 0. The summed E-state index contributed by atoms with van der Waals surface area (Å²) < 4.78 is 78.2. The van der Waals surface area contributed by atoms with Crippen LogP contribution < -0.4 is 0 Å². The molecule has 1 rings (SSSR count). The molecule has 31 heavy (non-hydrogen) atoms. The molecule has 184 valence electrons. The SMILES string of the molecule is CC(C)OS(C)(=O)=O.CC(C)OS(C)(=O)=O.Cc1ccc(S(=O)(=O)OC(C)(C)C)cc1. The van der Waals surface area contributed by atoms with Gasteiger partial charge in [-0.15, -0.1) is 0 Å². The number of hydrogen-bond donors (Lipinski definition) is 0. The summed E-state index contributed by atoms with van der Waals surface area (Å²) in [6, 6.07) is 6.60. The van der Waals surface area contributed by atoms with Gasteiger partial charge in [0, 0.05) is 0 Å². The van der Waals surface area contributed by atoms with Crippen molar-refractivity contribution in [3.8, 4) is 0 Å². The van der Waals surface area contributed by atoms with Gasteiger partial charge in [0.1, 0.15) is 0 Å². The van der Waals surface area contributed by atoms with Crippen LogP contribution in [0.3, 0.4) is 0 Å². The molecular weight excluding hydrogens is 468 g/mol. The summed E-state index contributed by atoms with van der Waals surface area (Å²) in [5, 5.41) is 0. The first-order valence-corrected chi connectivity index (χ1v) is 14.4. The van der Waals surface area contributed by atoms with E-state index in [4.69, 9.17) is 4.18 Å². The van der Waals surface area contributed by atoms with Crippen molar-refractivity contribution in [3.63, 3.8) is 0 Å². The fraction of sp³-hybridized carbons (Fsp3) is 0.684. The lowest BCUT2D eigenvalue weighted by Gasteiger charge is -2.18. The van der Waals surface area contributed by atoms with Gasteiger partial charge in [-0.25, -0.2) is 0 Å². The minimum absolute atomic E-state index is 0.197. The highest BCUT2D eigenvalue weighted by molar-refractivity contribution is 7.87. The van der Waals surface area contributed by atoms with Crippen molar-refractivity contribution in [1.29, 1.82) is 0 Å². The van der Waals surface area contributed by atoms with E-state index in [1.54, 1.807) is 72.7 Å². The standard InChI is InChI=1S/C11H16O3S.2C4H10O3S/c1-9-5-7-10(8-6-9)15(12,13)14-11(2,3)4;2*1-4(2)7-8(3,5)6/h5-8H,1-4H3;2*4H,1-3H3. The molecule has 0 saturated heterocycles. The molecule has 0 radical (unpaired) electrons. The van der Waals surface area contributed by atoms with Crippen molar-refractivity contribution in [2.24, 2.45) is 0 Å². The molecule has 1 aromatic carbocycles. The van der Waals surface area contributed by atoms with Crippen LogP contribution in [-0.4, -0.2) is 55.6 Å². The van der Waals surface area contributed by atoms with E-state index in [2.05, 4.69) is 8.37 Å². The van der Waals surface area contributed by atoms with E-state index in [9.17, 15) is 25.3 Å². The third-order valence-corrected chi connectivity index (χ3v) is 5.44. The van der Waals surface area contributed by atoms with Crippen LogP contribution in [0, 0.1) is 6.92 Å². The lowest BCUT2D eigenvalue weighted by atomic mass is 10.2. The Bertz CT molecular complexity index is 915. The van der Waals surface area contributed by atoms with Crippen molar-refractivity contribution in [1.82, 2.24) is 0 Å². The van der Waals surface area contributed by atoms with Crippen LogP contribution in [0.1, 0.15) is 54.0 Å². The van der Waals surface area contributed by atoms with Crippen LogP contribution in [0.4, 0.5) is 0 Å². The molecule has 0 amide bonds. The van der Waals surface area contributed by atoms with Crippen molar-refractivity contribution in [3.05, 3.63) is 29.8 Å². The first kappa shape index (κ1) is 32.1. The monoisotopic (exact) mass is 504 g/mol. The zero-order valence-corrected chi connectivity index (χ0v) is 22.3. The number of aryl methyl sites for hydroxylation is 1. The Morgan fingerprint density at radius 1 is 0.710 bits per heavy atom. The number of benzene rings is 1. The van der Waals surface area contributed by atoms with Gasteiger partial charge in [-0.05, 0) is 67.5 Å². The molecule has 0 N–H and O–H groups in total. The lowest BCUT2D eigenvalue weighted by molar-refractivity contribution is 0.139. The molecule has 0 atom stereocenters. The van der Waals surface area contributed by atoms with Gasteiger partial charge in [0.05, 0.1) is 35.2 Å². The zero-order chi connectivity index (χ0) is 25.3. The predicted molar refractivity (Wildman–Crippen MR) is 121 cm³/mol. The van der Waals surface area contributed by atoms with Gasteiger partial charge in [0.15, 0.2) is 0 Å². The van der Waals surface area contributed by atoms with E-state index < -0.39 is 36.0 Å². The Morgan fingerprint density at radius 3 is 1.23 bits per heavy atom. The molecule has 0 saturated carbocycles. The average Bonchev–Trinajstić information content (AvgIpc) is 2.40. The summed E-state index contributed by atoms with van der Waals surface area (Å²) in [4.78, 5) is 0.197. The van der Waals surface area contributed by atoms with Gasteiger partial charge in [-0.3, -0.25) is 12.5 Å². The second kappa shape index (κ2) is 12.9. The second-order valence-corrected chi connectivity index (χ2v) is 12.9. The van der Waals surface area contributed by atoms with Crippen LogP contribution in [0.5, 0.6) is 0 Å². The number of hydrogen-bond acceptors (Lipinski definition) is 9. The highest BCUT2D eigenvalue weighted by Crippen LogP contribution is 2.19. The first-order valence-electron chi connectivity index (χ1n) is 9.33. The van der Waals surface area contributed by atoms with Crippen LogP contribution in [0.15, 0.2) is 29.2 Å². The van der Waals surface area contributed by atoms with Crippen LogP contribution in [0.2, 0.25) is 0 Å². The van der Waals surface area contributed by atoms with Crippen molar-refractivity contribution in [2.75, 3.05) is 12.5 Å². The van der Waals surface area contributed by atoms with E-state index in [0.29, 0.717) is 0 Å².